The Labute approximate surface area is 114 Å². The molecule has 17 heavy (non-hydrogen) atoms. The van der Waals surface area contributed by atoms with Gasteiger partial charge in [-0.05, 0) is 45.9 Å². The molecule has 0 aromatic carbocycles. The molecule has 0 spiro atoms. The van der Waals surface area contributed by atoms with Gasteiger partial charge in [0, 0.05) is 4.47 Å². The topological polar surface area (TPSA) is 68.9 Å². The van der Waals surface area contributed by atoms with E-state index in [1.807, 2.05) is 5.38 Å². The number of hydrogen-bond donors (Lipinski definition) is 0. The molecule has 5 nitrogen and oxygen atoms in total. The second kappa shape index (κ2) is 4.67. The molecule has 88 valence electrons. The first-order valence-electron chi connectivity index (χ1n) is 4.42. The van der Waals surface area contributed by atoms with E-state index in [9.17, 15) is 10.1 Å². The van der Waals surface area contributed by atoms with Crippen molar-refractivity contribution in [3.05, 3.63) is 37.0 Å². The normalized spacial score (nSPS) is 10.5. The zero-order valence-corrected chi connectivity index (χ0v) is 11.6. The second-order valence-electron chi connectivity index (χ2n) is 3.13. The molecule has 0 saturated carbocycles. The fourth-order valence-electron chi connectivity index (χ4n) is 1.37. The summed E-state index contributed by atoms with van der Waals surface area (Å²) in [6.45, 7) is 1.54. The average molecular weight is 335 g/mol. The minimum atomic E-state index is -0.493. The zero-order chi connectivity index (χ0) is 12.6. The number of aromatic nitrogens is 2. The van der Waals surface area contributed by atoms with E-state index in [0.29, 0.717) is 4.88 Å². The molecule has 0 fully saturated rings. The van der Waals surface area contributed by atoms with Crippen molar-refractivity contribution in [1.82, 2.24) is 9.97 Å². The molecule has 0 unspecified atom stereocenters. The van der Waals surface area contributed by atoms with Crippen LogP contribution >= 0.6 is 38.9 Å². The lowest BCUT2D eigenvalue weighted by molar-refractivity contribution is -0.385. The summed E-state index contributed by atoms with van der Waals surface area (Å²) < 4.78 is 0.750. The Morgan fingerprint density at radius 1 is 1.53 bits per heavy atom. The van der Waals surface area contributed by atoms with E-state index in [-0.39, 0.29) is 22.4 Å². The van der Waals surface area contributed by atoms with Crippen molar-refractivity contribution in [2.45, 2.75) is 6.92 Å². The maximum Gasteiger partial charge on any atom is 0.317 e. The van der Waals surface area contributed by atoms with Crippen LogP contribution in [0.4, 0.5) is 5.69 Å². The summed E-state index contributed by atoms with van der Waals surface area (Å²) in [5, 5.41) is 12.8. The van der Waals surface area contributed by atoms with Crippen LogP contribution in [0.1, 0.15) is 5.69 Å². The van der Waals surface area contributed by atoms with Gasteiger partial charge in [0.15, 0.2) is 5.69 Å². The van der Waals surface area contributed by atoms with Crippen LogP contribution in [0.5, 0.6) is 0 Å². The van der Waals surface area contributed by atoms with E-state index in [1.54, 1.807) is 6.07 Å². The largest absolute Gasteiger partial charge is 0.317 e. The minimum absolute atomic E-state index is 0.00315. The van der Waals surface area contributed by atoms with Crippen molar-refractivity contribution in [1.29, 1.82) is 0 Å². The standard InChI is InChI=1S/C9H5BrClN3O2S/c1-4-7(14(15)16)6(13-9(11)12-4)8-5(10)2-3-17-8/h2-3H,1H3. The molecular weight excluding hydrogens is 330 g/mol. The lowest BCUT2D eigenvalue weighted by Crippen LogP contribution is -2.00. The number of thiophene rings is 1. The van der Waals surface area contributed by atoms with Crippen LogP contribution in [0.15, 0.2) is 15.9 Å². The molecule has 0 amide bonds. The molecule has 2 aromatic heterocycles. The van der Waals surface area contributed by atoms with Crippen LogP contribution in [0.2, 0.25) is 5.28 Å². The van der Waals surface area contributed by atoms with Crippen molar-refractivity contribution >= 4 is 44.6 Å². The summed E-state index contributed by atoms with van der Waals surface area (Å²) in [5.74, 6) is 0. The molecule has 8 heteroatoms. The highest BCUT2D eigenvalue weighted by molar-refractivity contribution is 9.10. The van der Waals surface area contributed by atoms with E-state index in [1.165, 1.54) is 18.3 Å². The molecule has 0 saturated heterocycles. The fourth-order valence-corrected chi connectivity index (χ4v) is 3.13. The predicted octanol–water partition coefficient (Wildman–Crippen LogP) is 3.84. The lowest BCUT2D eigenvalue weighted by Gasteiger charge is -2.03. The van der Waals surface area contributed by atoms with Gasteiger partial charge in [0.1, 0.15) is 5.69 Å². The third-order valence-electron chi connectivity index (χ3n) is 2.05. The predicted molar refractivity (Wildman–Crippen MR) is 69.4 cm³/mol. The van der Waals surface area contributed by atoms with Gasteiger partial charge in [0.25, 0.3) is 0 Å². The van der Waals surface area contributed by atoms with Crippen molar-refractivity contribution < 1.29 is 4.92 Å². The van der Waals surface area contributed by atoms with Gasteiger partial charge in [-0.3, -0.25) is 10.1 Å². The lowest BCUT2D eigenvalue weighted by atomic mass is 10.2. The number of hydrogen-bond acceptors (Lipinski definition) is 5. The van der Waals surface area contributed by atoms with E-state index >= 15 is 0 Å². The first-order valence-corrected chi connectivity index (χ1v) is 6.47. The van der Waals surface area contributed by atoms with Crippen LogP contribution in [-0.2, 0) is 0 Å². The maximum absolute atomic E-state index is 11.0. The Hall–Kier alpha value is -1.05. The van der Waals surface area contributed by atoms with Gasteiger partial charge in [0.05, 0.1) is 9.80 Å². The molecule has 0 aliphatic rings. The van der Waals surface area contributed by atoms with Crippen molar-refractivity contribution in [2.75, 3.05) is 0 Å². The molecule has 0 atom stereocenters. The average Bonchev–Trinajstić information content (AvgIpc) is 2.62. The molecule has 2 rings (SSSR count). The van der Waals surface area contributed by atoms with Crippen LogP contribution in [-0.4, -0.2) is 14.9 Å². The van der Waals surface area contributed by atoms with E-state index in [2.05, 4.69) is 25.9 Å². The summed E-state index contributed by atoms with van der Waals surface area (Å²) in [6.07, 6.45) is 0. The highest BCUT2D eigenvalue weighted by Gasteiger charge is 2.24. The molecule has 0 aliphatic carbocycles. The van der Waals surface area contributed by atoms with Gasteiger partial charge >= 0.3 is 5.69 Å². The summed E-state index contributed by atoms with van der Waals surface area (Å²) in [4.78, 5) is 19.0. The molecule has 0 aliphatic heterocycles. The molecule has 0 N–H and O–H groups in total. The van der Waals surface area contributed by atoms with Gasteiger partial charge in [-0.2, -0.15) is 0 Å². The molecule has 0 radical (unpaired) electrons. The Kier molecular flexibility index (Phi) is 3.41. The van der Waals surface area contributed by atoms with Crippen molar-refractivity contribution in [3.63, 3.8) is 0 Å². The van der Waals surface area contributed by atoms with Gasteiger partial charge in [0.2, 0.25) is 5.28 Å². The summed E-state index contributed by atoms with van der Waals surface area (Å²) in [6, 6.07) is 1.80. The van der Waals surface area contributed by atoms with Gasteiger partial charge in [-0.25, -0.2) is 9.97 Å². The minimum Gasteiger partial charge on any atom is -0.258 e. The van der Waals surface area contributed by atoms with Crippen molar-refractivity contribution in [3.8, 4) is 10.6 Å². The molecule has 0 bridgehead atoms. The number of halogens is 2. The molecular formula is C9H5BrClN3O2S. The zero-order valence-electron chi connectivity index (χ0n) is 8.48. The van der Waals surface area contributed by atoms with Crippen LogP contribution in [0, 0.1) is 17.0 Å². The fraction of sp³-hybridized carbons (Fsp3) is 0.111. The van der Waals surface area contributed by atoms with E-state index < -0.39 is 4.92 Å². The Bertz CT molecular complexity index is 602. The third-order valence-corrected chi connectivity index (χ3v) is 4.06. The first-order chi connectivity index (χ1) is 8.00. The Morgan fingerprint density at radius 2 is 2.24 bits per heavy atom. The summed E-state index contributed by atoms with van der Waals surface area (Å²) in [7, 11) is 0. The van der Waals surface area contributed by atoms with Gasteiger partial charge < -0.3 is 0 Å². The SMILES string of the molecule is Cc1nc(Cl)nc(-c2sccc2Br)c1[N+](=O)[O-]. The maximum atomic E-state index is 11.0. The van der Waals surface area contributed by atoms with Gasteiger partial charge in [-0.1, -0.05) is 0 Å². The van der Waals surface area contributed by atoms with E-state index in [4.69, 9.17) is 11.6 Å². The Morgan fingerprint density at radius 3 is 2.76 bits per heavy atom. The van der Waals surface area contributed by atoms with Crippen LogP contribution < -0.4 is 0 Å². The van der Waals surface area contributed by atoms with Crippen LogP contribution in [0.3, 0.4) is 0 Å². The second-order valence-corrected chi connectivity index (χ2v) is 5.24. The highest BCUT2D eigenvalue weighted by atomic mass is 79.9. The third kappa shape index (κ3) is 2.31. The van der Waals surface area contributed by atoms with E-state index in [0.717, 1.165) is 4.47 Å². The summed E-state index contributed by atoms with van der Waals surface area (Å²) >= 11 is 10.4. The highest BCUT2D eigenvalue weighted by Crippen LogP contribution is 2.38. The molecule has 2 aromatic rings. The number of nitro groups is 1. The quantitative estimate of drug-likeness (QED) is 0.475. The number of aryl methyl sites for hydroxylation is 1. The monoisotopic (exact) mass is 333 g/mol. The number of rotatable bonds is 2. The molecule has 2 heterocycles. The number of nitrogens with zero attached hydrogens (tertiary/aromatic N) is 3. The smallest absolute Gasteiger partial charge is 0.258 e. The Balaban J connectivity index is 2.76. The first kappa shape index (κ1) is 12.4. The van der Waals surface area contributed by atoms with Crippen LogP contribution in [0.25, 0.3) is 10.6 Å². The van der Waals surface area contributed by atoms with Gasteiger partial charge in [-0.15, -0.1) is 11.3 Å². The van der Waals surface area contributed by atoms with Crippen molar-refractivity contribution in [2.24, 2.45) is 0 Å². The summed E-state index contributed by atoms with van der Waals surface area (Å²) in [5.41, 5.74) is 0.386.